The third-order valence-corrected chi connectivity index (χ3v) is 4.22. The summed E-state index contributed by atoms with van der Waals surface area (Å²) in [6, 6.07) is -0.0714. The number of rotatable bonds is 3. The molecule has 1 aromatic heterocycles. The van der Waals surface area contributed by atoms with E-state index in [0.717, 1.165) is 6.42 Å². The van der Waals surface area contributed by atoms with Crippen LogP contribution in [0.4, 0.5) is 0 Å². The minimum atomic E-state index is -4.00. The molecule has 1 saturated heterocycles. The molecule has 9 heteroatoms. The van der Waals surface area contributed by atoms with Gasteiger partial charge in [-0.1, -0.05) is 0 Å². The van der Waals surface area contributed by atoms with E-state index in [1.54, 1.807) is 7.05 Å². The third-order valence-electron chi connectivity index (χ3n) is 3.15. The Morgan fingerprint density at radius 2 is 2.26 bits per heavy atom. The van der Waals surface area contributed by atoms with Gasteiger partial charge in [-0.3, -0.25) is 9.89 Å². The van der Waals surface area contributed by atoms with E-state index in [-0.39, 0.29) is 22.3 Å². The number of nitrogens with one attached hydrogen (secondary N) is 1. The molecule has 1 aromatic rings. The number of ether oxygens (including phenoxy) is 1. The van der Waals surface area contributed by atoms with Crippen LogP contribution in [-0.2, 0) is 14.8 Å². The van der Waals surface area contributed by atoms with Crippen molar-refractivity contribution in [1.29, 1.82) is 0 Å². The second kappa shape index (κ2) is 4.91. The SMILES string of the molecule is Cc1[nH]nc(C(=O)N(C)C2CCOC2)c1S(N)(=O)=O. The number of aromatic amines is 1. The second-order valence-electron chi connectivity index (χ2n) is 4.50. The van der Waals surface area contributed by atoms with Crippen molar-refractivity contribution in [1.82, 2.24) is 15.1 Å². The van der Waals surface area contributed by atoms with Crippen LogP contribution in [0.3, 0.4) is 0 Å². The monoisotopic (exact) mass is 288 g/mol. The van der Waals surface area contributed by atoms with Crippen LogP contribution >= 0.6 is 0 Å². The molecular formula is C10H16N4O4S. The average Bonchev–Trinajstić information content (AvgIpc) is 2.94. The molecule has 0 aliphatic carbocycles. The number of hydrogen-bond donors (Lipinski definition) is 2. The number of sulfonamides is 1. The Labute approximate surface area is 111 Å². The van der Waals surface area contributed by atoms with E-state index < -0.39 is 15.9 Å². The van der Waals surface area contributed by atoms with Gasteiger partial charge in [0.1, 0.15) is 4.90 Å². The van der Waals surface area contributed by atoms with E-state index in [9.17, 15) is 13.2 Å². The molecule has 1 aliphatic heterocycles. The Bertz CT molecular complexity index is 589. The number of hydrogen-bond acceptors (Lipinski definition) is 5. The van der Waals surface area contributed by atoms with E-state index in [2.05, 4.69) is 10.2 Å². The van der Waals surface area contributed by atoms with Gasteiger partial charge in [-0.05, 0) is 13.3 Å². The van der Waals surface area contributed by atoms with Gasteiger partial charge in [0.25, 0.3) is 5.91 Å². The highest BCUT2D eigenvalue weighted by atomic mass is 32.2. The smallest absolute Gasteiger partial charge is 0.275 e. The first kappa shape index (κ1) is 14.0. The molecule has 8 nitrogen and oxygen atoms in total. The zero-order valence-electron chi connectivity index (χ0n) is 10.7. The predicted octanol–water partition coefficient (Wildman–Crippen LogP) is -0.774. The van der Waals surface area contributed by atoms with Crippen LogP contribution in [0, 0.1) is 6.92 Å². The van der Waals surface area contributed by atoms with Crippen LogP contribution in [0.5, 0.6) is 0 Å². The average molecular weight is 288 g/mol. The van der Waals surface area contributed by atoms with Gasteiger partial charge in [0.15, 0.2) is 5.69 Å². The molecule has 1 atom stereocenters. The second-order valence-corrected chi connectivity index (χ2v) is 6.00. The fourth-order valence-corrected chi connectivity index (χ4v) is 2.95. The van der Waals surface area contributed by atoms with Crippen molar-refractivity contribution in [2.24, 2.45) is 5.14 Å². The number of nitrogens with two attached hydrogens (primary N) is 1. The number of carbonyl (C=O) groups excluding carboxylic acids is 1. The van der Waals surface area contributed by atoms with Gasteiger partial charge in [0, 0.05) is 13.7 Å². The lowest BCUT2D eigenvalue weighted by Crippen LogP contribution is -2.38. The van der Waals surface area contributed by atoms with E-state index in [1.807, 2.05) is 0 Å². The lowest BCUT2D eigenvalue weighted by Gasteiger charge is -2.22. The lowest BCUT2D eigenvalue weighted by molar-refractivity contribution is 0.0701. The number of likely N-dealkylation sites (N-methyl/N-ethyl adjacent to an activating group) is 1. The number of amides is 1. The number of nitrogens with zero attached hydrogens (tertiary/aromatic N) is 2. The fraction of sp³-hybridized carbons (Fsp3) is 0.600. The first-order chi connectivity index (χ1) is 8.82. The summed E-state index contributed by atoms with van der Waals surface area (Å²) in [5.41, 5.74) is 0.0799. The van der Waals surface area contributed by atoms with Gasteiger partial charge in [-0.25, -0.2) is 13.6 Å². The molecule has 1 aliphatic rings. The first-order valence-corrected chi connectivity index (χ1v) is 7.29. The Morgan fingerprint density at radius 3 is 2.79 bits per heavy atom. The Hall–Kier alpha value is -1.45. The minimum Gasteiger partial charge on any atom is -0.379 e. The molecule has 3 N–H and O–H groups in total. The summed E-state index contributed by atoms with van der Waals surface area (Å²) in [6.07, 6.45) is 0.719. The predicted molar refractivity (Wildman–Crippen MR) is 66.0 cm³/mol. The van der Waals surface area contributed by atoms with E-state index in [1.165, 1.54) is 11.8 Å². The highest BCUT2D eigenvalue weighted by molar-refractivity contribution is 7.89. The van der Waals surface area contributed by atoms with E-state index in [0.29, 0.717) is 13.2 Å². The zero-order chi connectivity index (χ0) is 14.2. The maximum atomic E-state index is 12.3. The van der Waals surface area contributed by atoms with Gasteiger partial charge in [0.05, 0.1) is 18.3 Å². The minimum absolute atomic E-state index is 0.0714. The van der Waals surface area contributed by atoms with Gasteiger partial charge in [-0.15, -0.1) is 0 Å². The molecule has 2 heterocycles. The first-order valence-electron chi connectivity index (χ1n) is 5.75. The van der Waals surface area contributed by atoms with Crippen LogP contribution in [0.15, 0.2) is 4.90 Å². The van der Waals surface area contributed by atoms with Crippen LogP contribution in [0.2, 0.25) is 0 Å². The maximum absolute atomic E-state index is 12.3. The molecule has 0 bridgehead atoms. The number of H-pyrrole nitrogens is 1. The van der Waals surface area contributed by atoms with Gasteiger partial charge in [-0.2, -0.15) is 5.10 Å². The molecule has 1 unspecified atom stereocenters. The van der Waals surface area contributed by atoms with Gasteiger partial charge < -0.3 is 9.64 Å². The highest BCUT2D eigenvalue weighted by Crippen LogP contribution is 2.20. The van der Waals surface area contributed by atoms with E-state index in [4.69, 9.17) is 9.88 Å². The molecule has 19 heavy (non-hydrogen) atoms. The lowest BCUT2D eigenvalue weighted by atomic mass is 10.2. The summed E-state index contributed by atoms with van der Waals surface area (Å²) in [5.74, 6) is -0.483. The van der Waals surface area contributed by atoms with Crippen molar-refractivity contribution in [3.05, 3.63) is 11.4 Å². The molecule has 1 amide bonds. The Kier molecular flexibility index (Phi) is 3.61. The summed E-state index contributed by atoms with van der Waals surface area (Å²) in [7, 11) is -2.40. The summed E-state index contributed by atoms with van der Waals surface area (Å²) >= 11 is 0. The highest BCUT2D eigenvalue weighted by Gasteiger charge is 2.31. The fourth-order valence-electron chi connectivity index (χ4n) is 2.07. The number of carbonyl (C=O) groups is 1. The molecule has 106 valence electrons. The number of primary sulfonamides is 1. The quantitative estimate of drug-likeness (QED) is 0.757. The summed E-state index contributed by atoms with van der Waals surface area (Å²) in [5, 5.41) is 11.4. The number of aromatic nitrogens is 2. The summed E-state index contributed by atoms with van der Waals surface area (Å²) in [6.45, 7) is 2.53. The Balaban J connectivity index is 2.34. The van der Waals surface area contributed by atoms with Crippen LogP contribution in [0.1, 0.15) is 22.6 Å². The van der Waals surface area contributed by atoms with Crippen LogP contribution in [-0.4, -0.2) is 55.7 Å². The van der Waals surface area contributed by atoms with Crippen molar-refractivity contribution in [2.75, 3.05) is 20.3 Å². The van der Waals surface area contributed by atoms with Gasteiger partial charge in [0.2, 0.25) is 10.0 Å². The van der Waals surface area contributed by atoms with Crippen LogP contribution < -0.4 is 5.14 Å². The molecular weight excluding hydrogens is 272 g/mol. The number of aryl methyl sites for hydroxylation is 1. The topological polar surface area (TPSA) is 118 Å². The van der Waals surface area contributed by atoms with Crippen molar-refractivity contribution in [3.8, 4) is 0 Å². The van der Waals surface area contributed by atoms with Crippen molar-refractivity contribution < 1.29 is 17.9 Å². The Morgan fingerprint density at radius 1 is 1.58 bits per heavy atom. The molecule has 2 rings (SSSR count). The largest absolute Gasteiger partial charge is 0.379 e. The van der Waals surface area contributed by atoms with Crippen LogP contribution in [0.25, 0.3) is 0 Å². The summed E-state index contributed by atoms with van der Waals surface area (Å²) in [4.78, 5) is 13.5. The zero-order valence-corrected chi connectivity index (χ0v) is 11.5. The normalized spacial score (nSPS) is 19.6. The molecule has 0 aromatic carbocycles. The van der Waals surface area contributed by atoms with E-state index >= 15 is 0 Å². The van der Waals surface area contributed by atoms with Crippen molar-refractivity contribution in [2.45, 2.75) is 24.3 Å². The molecule has 0 spiro atoms. The molecule has 0 radical (unpaired) electrons. The van der Waals surface area contributed by atoms with Crippen molar-refractivity contribution in [3.63, 3.8) is 0 Å². The standard InChI is InChI=1S/C10H16N4O4S/c1-6-9(19(11,16)17)8(13-12-6)10(15)14(2)7-3-4-18-5-7/h7H,3-5H2,1-2H3,(H,12,13)(H2,11,16,17). The maximum Gasteiger partial charge on any atom is 0.275 e. The molecule has 1 fully saturated rings. The third kappa shape index (κ3) is 2.62. The van der Waals surface area contributed by atoms with Crippen molar-refractivity contribution >= 4 is 15.9 Å². The molecule has 0 saturated carbocycles. The summed E-state index contributed by atoms with van der Waals surface area (Å²) < 4.78 is 28.2. The van der Waals surface area contributed by atoms with Gasteiger partial charge >= 0.3 is 0 Å².